The second-order valence-electron chi connectivity index (χ2n) is 10.3. The van der Waals surface area contributed by atoms with E-state index < -0.39 is 37.9 Å². The molecule has 0 spiro atoms. The summed E-state index contributed by atoms with van der Waals surface area (Å²) < 4.78 is 42.0. The van der Waals surface area contributed by atoms with Gasteiger partial charge in [0.1, 0.15) is 6.10 Å². The maximum absolute atomic E-state index is 14.9. The summed E-state index contributed by atoms with van der Waals surface area (Å²) in [7, 11) is -2.26. The lowest BCUT2D eigenvalue weighted by Gasteiger charge is -2.44. The number of carbonyl (C=O) groups excluding carboxylic acids is 1. The van der Waals surface area contributed by atoms with E-state index in [1.54, 1.807) is 18.3 Å². The van der Waals surface area contributed by atoms with E-state index >= 15 is 0 Å². The van der Waals surface area contributed by atoms with E-state index in [1.807, 2.05) is 6.07 Å². The molecule has 0 unspecified atom stereocenters. The van der Waals surface area contributed by atoms with Crippen molar-refractivity contribution in [3.05, 3.63) is 65.0 Å². The molecule has 0 saturated heterocycles. The number of hydrogen-bond donors (Lipinski definition) is 0. The number of benzene rings is 1. The van der Waals surface area contributed by atoms with Crippen molar-refractivity contribution >= 4 is 14.3 Å². The van der Waals surface area contributed by atoms with Gasteiger partial charge in [-0.05, 0) is 47.2 Å². The first-order valence-electron chi connectivity index (χ1n) is 12.2. The fourth-order valence-electron chi connectivity index (χ4n) is 5.99. The van der Waals surface area contributed by atoms with Gasteiger partial charge in [0.15, 0.2) is 11.6 Å². The van der Waals surface area contributed by atoms with Crippen LogP contribution in [0.1, 0.15) is 96.3 Å². The van der Waals surface area contributed by atoms with E-state index in [9.17, 15) is 13.6 Å². The Bertz CT molecular complexity index is 989. The molecule has 4 nitrogen and oxygen atoms in total. The van der Waals surface area contributed by atoms with Crippen LogP contribution in [0.4, 0.5) is 8.78 Å². The summed E-state index contributed by atoms with van der Waals surface area (Å²) in [5, 5.41) is 0. The number of pyridine rings is 1. The molecule has 1 aromatic heterocycles. The third-order valence-electron chi connectivity index (χ3n) is 7.32. The zero-order valence-corrected chi connectivity index (χ0v) is 22.3. The SMILES string of the molecule is CC(=O)O[C@@H]1c2cccnc2[C@H](O[Si](C(C)C)(C(C)C)C(C)C)CC[C@@H]1c1cccc(F)c1F. The van der Waals surface area contributed by atoms with Gasteiger partial charge < -0.3 is 9.16 Å². The molecule has 2 aromatic rings. The molecule has 1 heterocycles. The lowest BCUT2D eigenvalue weighted by molar-refractivity contribution is -0.148. The Labute approximate surface area is 203 Å². The number of fused-ring (bicyclic) bond motifs is 1. The molecule has 7 heteroatoms. The first kappa shape index (κ1) is 26.5. The van der Waals surface area contributed by atoms with Crippen molar-refractivity contribution in [2.24, 2.45) is 0 Å². The van der Waals surface area contributed by atoms with Gasteiger partial charge in [-0.15, -0.1) is 0 Å². The lowest BCUT2D eigenvalue weighted by atomic mass is 9.87. The summed E-state index contributed by atoms with van der Waals surface area (Å²) in [6.07, 6.45) is 1.67. The van der Waals surface area contributed by atoms with Crippen molar-refractivity contribution in [1.29, 1.82) is 0 Å². The molecule has 3 atom stereocenters. The van der Waals surface area contributed by atoms with Crippen LogP contribution in [0.3, 0.4) is 0 Å². The van der Waals surface area contributed by atoms with Crippen LogP contribution >= 0.6 is 0 Å². The molecule has 1 aliphatic carbocycles. The van der Waals surface area contributed by atoms with Crippen molar-refractivity contribution in [3.63, 3.8) is 0 Å². The minimum absolute atomic E-state index is 0.210. The van der Waals surface area contributed by atoms with Gasteiger partial charge in [-0.3, -0.25) is 9.78 Å². The Kier molecular flexibility index (Phi) is 8.29. The van der Waals surface area contributed by atoms with Gasteiger partial charge in [-0.1, -0.05) is 59.7 Å². The highest BCUT2D eigenvalue weighted by Crippen LogP contribution is 2.50. The van der Waals surface area contributed by atoms with Crippen LogP contribution in [0.2, 0.25) is 16.6 Å². The molecule has 0 aliphatic heterocycles. The molecule has 3 rings (SSSR count). The monoisotopic (exact) mass is 489 g/mol. The van der Waals surface area contributed by atoms with E-state index in [4.69, 9.17) is 9.16 Å². The van der Waals surface area contributed by atoms with Gasteiger partial charge in [0.25, 0.3) is 0 Å². The van der Waals surface area contributed by atoms with Crippen LogP contribution in [0.15, 0.2) is 36.5 Å². The number of aromatic nitrogens is 1. The molecular weight excluding hydrogens is 452 g/mol. The summed E-state index contributed by atoms with van der Waals surface area (Å²) in [5.74, 6) is -2.83. The van der Waals surface area contributed by atoms with E-state index in [2.05, 4.69) is 46.5 Å². The highest BCUT2D eigenvalue weighted by atomic mass is 28.4. The molecule has 34 heavy (non-hydrogen) atoms. The molecule has 1 aromatic carbocycles. The molecule has 0 fully saturated rings. The second kappa shape index (κ2) is 10.6. The fraction of sp³-hybridized carbons (Fsp3) is 0.556. The fourth-order valence-corrected chi connectivity index (χ4v) is 11.5. The normalized spacial score (nSPS) is 21.0. The predicted octanol–water partition coefficient (Wildman–Crippen LogP) is 7.77. The zero-order valence-electron chi connectivity index (χ0n) is 21.3. The Morgan fingerprint density at radius 2 is 1.59 bits per heavy atom. The molecule has 186 valence electrons. The number of rotatable bonds is 7. The van der Waals surface area contributed by atoms with E-state index in [0.717, 1.165) is 11.8 Å². The first-order chi connectivity index (χ1) is 16.0. The number of nitrogens with zero attached hydrogens (tertiary/aromatic N) is 1. The van der Waals surface area contributed by atoms with E-state index in [-0.39, 0.29) is 11.7 Å². The largest absolute Gasteiger partial charge is 0.457 e. The predicted molar refractivity (Wildman–Crippen MR) is 132 cm³/mol. The van der Waals surface area contributed by atoms with E-state index in [0.29, 0.717) is 35.0 Å². The van der Waals surface area contributed by atoms with Gasteiger partial charge in [0.05, 0.1) is 11.8 Å². The molecule has 0 amide bonds. The first-order valence-corrected chi connectivity index (χ1v) is 14.4. The van der Waals surface area contributed by atoms with Gasteiger partial charge in [-0.2, -0.15) is 0 Å². The second-order valence-corrected chi connectivity index (χ2v) is 15.7. The number of halogens is 2. The lowest BCUT2D eigenvalue weighted by Crippen LogP contribution is -2.48. The van der Waals surface area contributed by atoms with Crippen molar-refractivity contribution < 1.29 is 22.7 Å². The summed E-state index contributed by atoms with van der Waals surface area (Å²) in [4.78, 5) is 16.8. The molecule has 1 aliphatic rings. The third-order valence-corrected chi connectivity index (χ3v) is 13.4. The topological polar surface area (TPSA) is 48.4 Å². The van der Waals surface area contributed by atoms with Crippen LogP contribution in [-0.4, -0.2) is 19.3 Å². The Balaban J connectivity index is 2.15. The van der Waals surface area contributed by atoms with Crippen LogP contribution in [0.5, 0.6) is 0 Å². The quantitative estimate of drug-likeness (QED) is 0.226. The van der Waals surface area contributed by atoms with Gasteiger partial charge in [-0.25, -0.2) is 8.78 Å². The van der Waals surface area contributed by atoms with Gasteiger partial charge in [0, 0.05) is 24.6 Å². The summed E-state index contributed by atoms with van der Waals surface area (Å²) in [6.45, 7) is 14.7. The Hall–Kier alpha value is -2.12. The molecule has 0 radical (unpaired) electrons. The summed E-state index contributed by atoms with van der Waals surface area (Å²) in [6, 6.07) is 7.83. The molecule has 0 saturated carbocycles. The number of hydrogen-bond acceptors (Lipinski definition) is 4. The Morgan fingerprint density at radius 3 is 2.18 bits per heavy atom. The van der Waals surface area contributed by atoms with Crippen LogP contribution < -0.4 is 0 Å². The minimum atomic E-state index is -2.26. The van der Waals surface area contributed by atoms with E-state index in [1.165, 1.54) is 13.0 Å². The Morgan fingerprint density at radius 1 is 0.971 bits per heavy atom. The number of esters is 1. The maximum Gasteiger partial charge on any atom is 0.303 e. The number of carbonyl (C=O) groups is 1. The zero-order chi connectivity index (χ0) is 25.2. The van der Waals surface area contributed by atoms with Crippen molar-refractivity contribution in [2.75, 3.05) is 0 Å². The highest BCUT2D eigenvalue weighted by Gasteiger charge is 2.48. The average Bonchev–Trinajstić information content (AvgIpc) is 2.90. The van der Waals surface area contributed by atoms with Crippen molar-refractivity contribution in [1.82, 2.24) is 4.98 Å². The van der Waals surface area contributed by atoms with Crippen molar-refractivity contribution in [3.8, 4) is 0 Å². The van der Waals surface area contributed by atoms with Gasteiger partial charge in [0.2, 0.25) is 8.32 Å². The van der Waals surface area contributed by atoms with Gasteiger partial charge >= 0.3 is 5.97 Å². The summed E-state index contributed by atoms with van der Waals surface area (Å²) in [5.41, 5.74) is 2.78. The highest BCUT2D eigenvalue weighted by molar-refractivity contribution is 6.77. The van der Waals surface area contributed by atoms with Crippen molar-refractivity contribution in [2.45, 2.75) is 96.1 Å². The average molecular weight is 490 g/mol. The van der Waals surface area contributed by atoms with Crippen LogP contribution in [0.25, 0.3) is 0 Å². The number of ether oxygens (including phenoxy) is 1. The van der Waals surface area contributed by atoms with Crippen LogP contribution in [0, 0.1) is 11.6 Å². The smallest absolute Gasteiger partial charge is 0.303 e. The standard InChI is InChI=1S/C27H37F2NO3Si/c1-16(2)34(17(3)4,18(5)6)33-24-14-13-21(20-10-8-12-23(28)25(20)29)27(32-19(7)31)22-11-9-15-30-26(22)24/h8-12,15-18,21,24,27H,13-14H2,1-7H3/t21-,24-,27+/m1/s1. The minimum Gasteiger partial charge on any atom is -0.457 e. The molecular formula is C27H37F2NO3Si. The summed E-state index contributed by atoms with van der Waals surface area (Å²) >= 11 is 0. The van der Waals surface area contributed by atoms with Crippen LogP contribution in [-0.2, 0) is 14.0 Å². The molecule has 0 bridgehead atoms. The third kappa shape index (κ3) is 4.96. The maximum atomic E-state index is 14.9. The molecule has 0 N–H and O–H groups in total.